The third kappa shape index (κ3) is 4.13. The molecule has 1 aliphatic heterocycles. The number of nitrogens with zero attached hydrogens (tertiary/aromatic N) is 3. The van der Waals surface area contributed by atoms with E-state index in [4.69, 9.17) is 21.0 Å². The molecule has 0 spiro atoms. The summed E-state index contributed by atoms with van der Waals surface area (Å²) in [5.41, 5.74) is 5.35. The van der Waals surface area contributed by atoms with Gasteiger partial charge in [0.05, 0.1) is 21.2 Å². The number of fused-ring (bicyclic) bond motifs is 3. The zero-order chi connectivity index (χ0) is 27.4. The Kier molecular flexibility index (Phi) is 5.87. The lowest BCUT2D eigenvalue weighted by atomic mass is 9.83. The standard InChI is InChI=1S/C31H20ClN3O4S/c32-21-8-3-6-19(15-21)26-14-12-23(39-26)17-27-30(36)34-29(20-7-4-9-22(16-20)35(37)38)25-13-11-18-5-1-2-10-24(18)28(25)33-31(34)40-27/h1-10,12,14-17,29H,11,13H2/b27-17+/t29-/m1/s1. The summed E-state index contributed by atoms with van der Waals surface area (Å²) in [6.45, 7) is 0. The second-order valence-electron chi connectivity index (χ2n) is 9.68. The summed E-state index contributed by atoms with van der Waals surface area (Å²) in [6, 6.07) is 25.2. The highest BCUT2D eigenvalue weighted by atomic mass is 35.5. The lowest BCUT2D eigenvalue weighted by Gasteiger charge is -2.30. The second kappa shape index (κ2) is 9.59. The van der Waals surface area contributed by atoms with Crippen LogP contribution in [0.25, 0.3) is 23.1 Å². The van der Waals surface area contributed by atoms with Crippen LogP contribution < -0.4 is 14.9 Å². The van der Waals surface area contributed by atoms with E-state index < -0.39 is 11.0 Å². The molecular weight excluding hydrogens is 546 g/mol. The van der Waals surface area contributed by atoms with Gasteiger partial charge in [-0.3, -0.25) is 19.5 Å². The molecule has 0 radical (unpaired) electrons. The number of non-ortho nitro benzene ring substituents is 1. The van der Waals surface area contributed by atoms with Crippen molar-refractivity contribution in [2.45, 2.75) is 18.9 Å². The number of nitro benzene ring substituents is 1. The van der Waals surface area contributed by atoms with Gasteiger partial charge in [-0.2, -0.15) is 0 Å². The molecule has 3 aromatic carbocycles. The Morgan fingerprint density at radius 3 is 2.73 bits per heavy atom. The number of halogens is 1. The van der Waals surface area contributed by atoms with E-state index in [0.717, 1.165) is 28.8 Å². The van der Waals surface area contributed by atoms with E-state index in [1.54, 1.807) is 28.8 Å². The van der Waals surface area contributed by atoms with Crippen molar-refractivity contribution in [2.24, 2.45) is 4.99 Å². The van der Waals surface area contributed by atoms with Crippen LogP contribution in [0.15, 0.2) is 105 Å². The average Bonchev–Trinajstić information content (AvgIpc) is 3.56. The smallest absolute Gasteiger partial charge is 0.271 e. The molecule has 1 aliphatic carbocycles. The number of thiazole rings is 1. The third-order valence-corrected chi connectivity index (χ3v) is 8.50. The van der Waals surface area contributed by atoms with Crippen molar-refractivity contribution in [2.75, 3.05) is 0 Å². The van der Waals surface area contributed by atoms with Crippen molar-refractivity contribution in [1.82, 2.24) is 4.57 Å². The van der Waals surface area contributed by atoms with Gasteiger partial charge < -0.3 is 4.42 Å². The molecule has 0 N–H and O–H groups in total. The maximum Gasteiger partial charge on any atom is 0.271 e. The quantitative estimate of drug-likeness (QED) is 0.193. The number of benzene rings is 3. The molecule has 40 heavy (non-hydrogen) atoms. The summed E-state index contributed by atoms with van der Waals surface area (Å²) < 4.78 is 8.18. The molecule has 0 unspecified atom stereocenters. The van der Waals surface area contributed by atoms with Gasteiger partial charge in [0, 0.05) is 34.4 Å². The minimum Gasteiger partial charge on any atom is -0.457 e. The largest absolute Gasteiger partial charge is 0.457 e. The molecule has 7 rings (SSSR count). The summed E-state index contributed by atoms with van der Waals surface area (Å²) >= 11 is 7.42. The van der Waals surface area contributed by atoms with Gasteiger partial charge in [-0.15, -0.1) is 0 Å². The van der Waals surface area contributed by atoms with E-state index in [2.05, 4.69) is 6.07 Å². The van der Waals surface area contributed by atoms with E-state index >= 15 is 0 Å². The number of aryl methyl sites for hydroxylation is 1. The predicted octanol–water partition coefficient (Wildman–Crippen LogP) is 6.14. The first kappa shape index (κ1) is 24.5. The fraction of sp³-hybridized carbons (Fsp3) is 0.0968. The molecule has 0 saturated carbocycles. The number of hydrogen-bond donors (Lipinski definition) is 0. The molecule has 2 aliphatic rings. The molecule has 1 atom stereocenters. The molecule has 7 nitrogen and oxygen atoms in total. The fourth-order valence-electron chi connectivity index (χ4n) is 5.49. The number of hydrogen-bond acceptors (Lipinski definition) is 6. The Hall–Kier alpha value is -4.53. The van der Waals surface area contributed by atoms with Crippen LogP contribution in [0.4, 0.5) is 5.69 Å². The molecule has 196 valence electrons. The van der Waals surface area contributed by atoms with Crippen LogP contribution in [0, 0.1) is 10.1 Å². The van der Waals surface area contributed by atoms with Crippen LogP contribution in [0.3, 0.4) is 0 Å². The molecule has 9 heteroatoms. The van der Waals surface area contributed by atoms with Crippen LogP contribution in [-0.4, -0.2) is 9.49 Å². The Morgan fingerprint density at radius 1 is 1.02 bits per heavy atom. The topological polar surface area (TPSA) is 90.6 Å². The summed E-state index contributed by atoms with van der Waals surface area (Å²) in [4.78, 5) is 30.7. The molecule has 0 bridgehead atoms. The van der Waals surface area contributed by atoms with Crippen molar-refractivity contribution in [3.63, 3.8) is 0 Å². The Morgan fingerprint density at radius 2 is 1.88 bits per heavy atom. The van der Waals surface area contributed by atoms with Gasteiger partial charge in [0.2, 0.25) is 0 Å². The zero-order valence-corrected chi connectivity index (χ0v) is 22.5. The van der Waals surface area contributed by atoms with Crippen molar-refractivity contribution in [3.8, 4) is 11.3 Å². The van der Waals surface area contributed by atoms with E-state index in [-0.39, 0.29) is 11.2 Å². The van der Waals surface area contributed by atoms with Crippen molar-refractivity contribution >= 4 is 40.4 Å². The van der Waals surface area contributed by atoms with E-state index in [0.29, 0.717) is 37.9 Å². The van der Waals surface area contributed by atoms with Crippen LogP contribution in [-0.2, 0) is 6.42 Å². The highest BCUT2D eigenvalue weighted by Crippen LogP contribution is 2.41. The molecule has 0 saturated heterocycles. The van der Waals surface area contributed by atoms with Gasteiger partial charge in [-0.1, -0.05) is 71.5 Å². The molecule has 2 aromatic heterocycles. The van der Waals surface area contributed by atoms with Crippen LogP contribution in [0.2, 0.25) is 5.02 Å². The number of allylic oxidation sites excluding steroid dienone is 1. The highest BCUT2D eigenvalue weighted by molar-refractivity contribution is 7.07. The van der Waals surface area contributed by atoms with E-state index in [1.165, 1.54) is 23.0 Å². The van der Waals surface area contributed by atoms with Gasteiger partial charge in [0.1, 0.15) is 11.5 Å². The summed E-state index contributed by atoms with van der Waals surface area (Å²) in [7, 11) is 0. The van der Waals surface area contributed by atoms with Crippen molar-refractivity contribution < 1.29 is 9.34 Å². The predicted molar refractivity (Wildman–Crippen MR) is 155 cm³/mol. The van der Waals surface area contributed by atoms with Crippen molar-refractivity contribution in [1.29, 1.82) is 0 Å². The van der Waals surface area contributed by atoms with Crippen LogP contribution in [0.1, 0.15) is 34.9 Å². The highest BCUT2D eigenvalue weighted by Gasteiger charge is 2.33. The van der Waals surface area contributed by atoms with Crippen LogP contribution in [0.5, 0.6) is 0 Å². The fourth-order valence-corrected chi connectivity index (χ4v) is 6.66. The average molecular weight is 566 g/mol. The van der Waals surface area contributed by atoms with Gasteiger partial charge >= 0.3 is 0 Å². The summed E-state index contributed by atoms with van der Waals surface area (Å²) in [5.74, 6) is 1.17. The molecular formula is C31H20ClN3O4S. The van der Waals surface area contributed by atoms with Gasteiger partial charge in [-0.05, 0) is 53.8 Å². The van der Waals surface area contributed by atoms with Gasteiger partial charge in [-0.25, -0.2) is 4.99 Å². The zero-order valence-electron chi connectivity index (χ0n) is 20.9. The first-order valence-corrected chi connectivity index (χ1v) is 13.9. The van der Waals surface area contributed by atoms with Gasteiger partial charge in [0.15, 0.2) is 4.80 Å². The maximum absolute atomic E-state index is 13.9. The summed E-state index contributed by atoms with van der Waals surface area (Å²) in [6.07, 6.45) is 3.23. The minimum atomic E-state index is -0.500. The Labute approximate surface area is 236 Å². The lowest BCUT2D eigenvalue weighted by molar-refractivity contribution is -0.384. The molecule has 0 fully saturated rings. The lowest BCUT2D eigenvalue weighted by Crippen LogP contribution is -2.38. The van der Waals surface area contributed by atoms with Crippen molar-refractivity contribution in [3.05, 3.63) is 148 Å². The Balaban J connectivity index is 1.41. The van der Waals surface area contributed by atoms with E-state index in [9.17, 15) is 14.9 Å². The van der Waals surface area contributed by atoms with Gasteiger partial charge in [0.25, 0.3) is 11.2 Å². The number of furan rings is 1. The minimum absolute atomic E-state index is 0.0147. The molecule has 0 amide bonds. The number of nitro groups is 1. The second-order valence-corrected chi connectivity index (χ2v) is 11.1. The summed E-state index contributed by atoms with van der Waals surface area (Å²) in [5, 5.41) is 12.2. The maximum atomic E-state index is 13.9. The third-order valence-electron chi connectivity index (χ3n) is 7.28. The molecule has 5 aromatic rings. The van der Waals surface area contributed by atoms with E-state index in [1.807, 2.05) is 54.6 Å². The Bertz CT molecular complexity index is 2050. The first-order valence-electron chi connectivity index (χ1n) is 12.7. The number of aromatic nitrogens is 1. The van der Waals surface area contributed by atoms with Crippen LogP contribution >= 0.6 is 22.9 Å². The normalized spacial score (nSPS) is 16.2. The first-order chi connectivity index (χ1) is 19.5. The monoisotopic (exact) mass is 565 g/mol. The SMILES string of the molecule is O=c1/c(=C\c2ccc(-c3cccc(Cl)c3)o2)sc2n1[C@H](c1cccc([N+](=O)[O-])c1)C1=C(N=2)c2ccccc2CC1. The molecule has 3 heterocycles. The number of rotatable bonds is 4.